The van der Waals surface area contributed by atoms with Gasteiger partial charge in [-0.25, -0.2) is 9.07 Å². The molecule has 1 aliphatic rings. The number of benzene rings is 1. The Hall–Kier alpha value is -1.96. The number of halogens is 2. The number of carbonyl (C=O) groups excluding carboxylic acids is 1. The minimum atomic E-state index is -0.441. The Kier molecular flexibility index (Phi) is 6.75. The van der Waals surface area contributed by atoms with Crippen LogP contribution in [0.5, 0.6) is 0 Å². The molecule has 26 heavy (non-hydrogen) atoms. The molecule has 1 fully saturated rings. The maximum absolute atomic E-state index is 13.1. The van der Waals surface area contributed by atoms with Gasteiger partial charge in [0.2, 0.25) is 5.91 Å². The molecule has 0 radical (unpaired) electrons. The first-order valence-corrected chi connectivity index (χ1v) is 8.46. The molecule has 2 aromatic rings. The first kappa shape index (κ1) is 20.4. The van der Waals surface area contributed by atoms with Crippen molar-refractivity contribution >= 4 is 18.3 Å². The van der Waals surface area contributed by atoms with E-state index in [1.54, 1.807) is 23.0 Å². The van der Waals surface area contributed by atoms with E-state index in [2.05, 4.69) is 10.4 Å². The van der Waals surface area contributed by atoms with Gasteiger partial charge in [0.25, 0.3) is 0 Å². The monoisotopic (exact) mass is 382 g/mol. The summed E-state index contributed by atoms with van der Waals surface area (Å²) >= 11 is 0. The molecular formula is C18H24ClFN4O2. The Bertz CT molecular complexity index is 750. The van der Waals surface area contributed by atoms with Crippen LogP contribution in [0.15, 0.2) is 30.5 Å². The fourth-order valence-corrected chi connectivity index (χ4v) is 3.15. The zero-order chi connectivity index (χ0) is 18.0. The summed E-state index contributed by atoms with van der Waals surface area (Å²) < 4.78 is 20.4. The van der Waals surface area contributed by atoms with Gasteiger partial charge in [-0.1, -0.05) is 0 Å². The third-order valence-corrected chi connectivity index (χ3v) is 4.61. The summed E-state index contributed by atoms with van der Waals surface area (Å²) in [6, 6.07) is 5.92. The Balaban J connectivity index is 0.00000243. The van der Waals surface area contributed by atoms with Crippen molar-refractivity contribution in [1.82, 2.24) is 15.1 Å². The Morgan fingerprint density at radius 1 is 1.42 bits per heavy atom. The van der Waals surface area contributed by atoms with Gasteiger partial charge in [-0.05, 0) is 51.0 Å². The summed E-state index contributed by atoms with van der Waals surface area (Å²) in [5.41, 5.74) is 8.16. The molecule has 8 heteroatoms. The minimum absolute atomic E-state index is 0. The highest BCUT2D eigenvalue weighted by Crippen LogP contribution is 2.23. The molecule has 3 N–H and O–H groups in total. The second-order valence-corrected chi connectivity index (χ2v) is 6.36. The van der Waals surface area contributed by atoms with E-state index in [1.165, 1.54) is 12.1 Å². The predicted octanol–water partition coefficient (Wildman–Crippen LogP) is 2.43. The van der Waals surface area contributed by atoms with Crippen molar-refractivity contribution in [1.29, 1.82) is 0 Å². The molecule has 0 spiro atoms. The van der Waals surface area contributed by atoms with Crippen molar-refractivity contribution in [3.05, 3.63) is 47.5 Å². The quantitative estimate of drug-likeness (QED) is 0.832. The molecule has 1 saturated heterocycles. The number of amides is 1. The highest BCUT2D eigenvalue weighted by Gasteiger charge is 2.31. The molecule has 1 aromatic heterocycles. The molecule has 0 aliphatic carbocycles. The number of rotatable bonds is 5. The van der Waals surface area contributed by atoms with Gasteiger partial charge >= 0.3 is 0 Å². The highest BCUT2D eigenvalue weighted by atomic mass is 35.5. The van der Waals surface area contributed by atoms with Crippen LogP contribution in [0.25, 0.3) is 5.69 Å². The van der Waals surface area contributed by atoms with Crippen molar-refractivity contribution in [2.45, 2.75) is 44.9 Å². The number of ether oxygens (including phenoxy) is 1. The summed E-state index contributed by atoms with van der Waals surface area (Å²) in [4.78, 5) is 12.4. The third kappa shape index (κ3) is 4.23. The van der Waals surface area contributed by atoms with Gasteiger partial charge < -0.3 is 15.8 Å². The summed E-state index contributed by atoms with van der Waals surface area (Å²) in [6.45, 7) is 4.26. The molecule has 1 unspecified atom stereocenters. The fourth-order valence-electron chi connectivity index (χ4n) is 3.15. The number of nitrogens with one attached hydrogen (secondary N) is 1. The van der Waals surface area contributed by atoms with Crippen LogP contribution >= 0.6 is 12.4 Å². The smallest absolute Gasteiger partial charge is 0.249 e. The second kappa shape index (κ2) is 8.62. The SMILES string of the molecule is Cc1c(C(C)NC(=O)[C@@H]2CC[C@H](CN)O2)cnn1-c1ccc(F)cc1.Cl. The molecule has 1 amide bonds. The Morgan fingerprint density at radius 3 is 2.73 bits per heavy atom. The van der Waals surface area contributed by atoms with Gasteiger partial charge in [0.1, 0.15) is 11.9 Å². The van der Waals surface area contributed by atoms with Gasteiger partial charge in [-0.15, -0.1) is 12.4 Å². The molecule has 1 aliphatic heterocycles. The molecular weight excluding hydrogens is 359 g/mol. The first-order chi connectivity index (χ1) is 12.0. The molecule has 2 heterocycles. The third-order valence-electron chi connectivity index (χ3n) is 4.61. The van der Waals surface area contributed by atoms with Gasteiger partial charge in [0.15, 0.2) is 0 Å². The lowest BCUT2D eigenvalue weighted by Crippen LogP contribution is -2.37. The van der Waals surface area contributed by atoms with E-state index >= 15 is 0 Å². The zero-order valence-corrected chi connectivity index (χ0v) is 15.6. The van der Waals surface area contributed by atoms with Crippen LogP contribution in [0, 0.1) is 12.7 Å². The van der Waals surface area contributed by atoms with Gasteiger partial charge in [-0.3, -0.25) is 4.79 Å². The lowest BCUT2D eigenvalue weighted by atomic mass is 10.1. The average Bonchev–Trinajstić information content (AvgIpc) is 3.22. The minimum Gasteiger partial charge on any atom is -0.364 e. The van der Waals surface area contributed by atoms with E-state index in [1.807, 2.05) is 13.8 Å². The summed E-state index contributed by atoms with van der Waals surface area (Å²) in [7, 11) is 0. The van der Waals surface area contributed by atoms with E-state index in [-0.39, 0.29) is 36.3 Å². The number of aromatic nitrogens is 2. The van der Waals surface area contributed by atoms with E-state index in [0.29, 0.717) is 13.0 Å². The first-order valence-electron chi connectivity index (χ1n) is 8.46. The number of nitrogens with zero attached hydrogens (tertiary/aromatic N) is 2. The predicted molar refractivity (Wildman–Crippen MR) is 99.0 cm³/mol. The maximum atomic E-state index is 13.1. The molecule has 3 atom stereocenters. The maximum Gasteiger partial charge on any atom is 0.249 e. The van der Waals surface area contributed by atoms with Crippen LogP contribution in [-0.2, 0) is 9.53 Å². The van der Waals surface area contributed by atoms with Crippen LogP contribution in [0.2, 0.25) is 0 Å². The summed E-state index contributed by atoms with van der Waals surface area (Å²) in [6.07, 6.45) is 2.75. The van der Waals surface area contributed by atoms with Crippen molar-refractivity contribution in [3.8, 4) is 5.69 Å². The Morgan fingerprint density at radius 2 is 2.12 bits per heavy atom. The van der Waals surface area contributed by atoms with E-state index in [0.717, 1.165) is 23.4 Å². The summed E-state index contributed by atoms with van der Waals surface area (Å²) in [5.74, 6) is -0.417. The number of carbonyl (C=O) groups is 1. The van der Waals surface area contributed by atoms with Crippen molar-refractivity contribution in [2.24, 2.45) is 5.73 Å². The number of hydrogen-bond acceptors (Lipinski definition) is 4. The fraction of sp³-hybridized carbons (Fsp3) is 0.444. The van der Waals surface area contributed by atoms with Crippen LogP contribution in [-0.4, -0.2) is 34.4 Å². The molecule has 0 saturated carbocycles. The normalized spacial score (nSPS) is 20.5. The van der Waals surface area contributed by atoms with E-state index in [4.69, 9.17) is 10.5 Å². The van der Waals surface area contributed by atoms with Crippen LogP contribution < -0.4 is 11.1 Å². The van der Waals surface area contributed by atoms with Crippen molar-refractivity contribution in [3.63, 3.8) is 0 Å². The molecule has 142 valence electrons. The molecule has 3 rings (SSSR count). The van der Waals surface area contributed by atoms with Crippen LogP contribution in [0.1, 0.15) is 37.1 Å². The summed E-state index contributed by atoms with van der Waals surface area (Å²) in [5, 5.41) is 7.34. The second-order valence-electron chi connectivity index (χ2n) is 6.36. The van der Waals surface area contributed by atoms with Crippen molar-refractivity contribution < 1.29 is 13.9 Å². The molecule has 6 nitrogen and oxygen atoms in total. The van der Waals surface area contributed by atoms with E-state index < -0.39 is 6.10 Å². The largest absolute Gasteiger partial charge is 0.364 e. The Labute approximate surface area is 158 Å². The standard InChI is InChI=1S/C18H23FN4O2.ClH/c1-11(22-18(24)17-8-7-15(9-20)25-17)16-10-21-23(12(16)2)14-5-3-13(19)4-6-14;/h3-6,10-11,15,17H,7-9,20H2,1-2H3,(H,22,24);1H/t11?,15-,17+;/m1./s1. The number of hydrogen-bond donors (Lipinski definition) is 2. The molecule has 1 aromatic carbocycles. The molecule has 0 bridgehead atoms. The van der Waals surface area contributed by atoms with Gasteiger partial charge in [0.05, 0.1) is 24.0 Å². The highest BCUT2D eigenvalue weighted by molar-refractivity contribution is 5.85. The zero-order valence-electron chi connectivity index (χ0n) is 14.8. The lowest BCUT2D eigenvalue weighted by molar-refractivity contribution is -0.132. The lowest BCUT2D eigenvalue weighted by Gasteiger charge is -2.18. The topological polar surface area (TPSA) is 82.2 Å². The van der Waals surface area contributed by atoms with Gasteiger partial charge in [-0.2, -0.15) is 5.10 Å². The van der Waals surface area contributed by atoms with Crippen molar-refractivity contribution in [2.75, 3.05) is 6.54 Å². The number of nitrogens with two attached hydrogens (primary N) is 1. The van der Waals surface area contributed by atoms with Crippen LogP contribution in [0.3, 0.4) is 0 Å². The average molecular weight is 383 g/mol. The van der Waals surface area contributed by atoms with Crippen LogP contribution in [0.4, 0.5) is 4.39 Å². The van der Waals surface area contributed by atoms with Gasteiger partial charge in [0, 0.05) is 17.8 Å². The van der Waals surface area contributed by atoms with E-state index in [9.17, 15) is 9.18 Å².